The highest BCUT2D eigenvalue weighted by Gasteiger charge is 2.13. The highest BCUT2D eigenvalue weighted by Crippen LogP contribution is 2.20. The van der Waals surface area contributed by atoms with E-state index in [0.717, 1.165) is 41.5 Å². The molecule has 0 aliphatic carbocycles. The minimum atomic E-state index is -0.714. The van der Waals surface area contributed by atoms with Crippen LogP contribution < -0.4 is 0 Å². The van der Waals surface area contributed by atoms with Gasteiger partial charge in [0.15, 0.2) is 10.1 Å². The van der Waals surface area contributed by atoms with Gasteiger partial charge in [-0.05, 0) is 29.7 Å². The fourth-order valence-electron chi connectivity index (χ4n) is 1.14. The summed E-state index contributed by atoms with van der Waals surface area (Å²) < 4.78 is 30.5. The average Bonchev–Trinajstić information content (AvgIpc) is 2.82. The molecule has 1 aromatic carbocycles. The molecule has 1 heterocycles. The quantitative estimate of drug-likeness (QED) is 0.634. The van der Waals surface area contributed by atoms with Gasteiger partial charge in [0.1, 0.15) is 18.0 Å². The fraction of sp³-hybridized carbons (Fsp3) is 0.100. The molecule has 0 fully saturated rings. The first-order chi connectivity index (χ1) is 8.16. The fourth-order valence-corrected chi connectivity index (χ4v) is 2.47. The zero-order valence-electron chi connectivity index (χ0n) is 8.39. The number of halogens is 2. The molecule has 17 heavy (non-hydrogen) atoms. The van der Waals surface area contributed by atoms with Gasteiger partial charge < -0.3 is 0 Å². The van der Waals surface area contributed by atoms with Crippen molar-refractivity contribution in [1.82, 2.24) is 9.36 Å². The van der Waals surface area contributed by atoms with Gasteiger partial charge in [0.2, 0.25) is 0 Å². The highest BCUT2D eigenvalue weighted by atomic mass is 32.2. The first-order valence-corrected chi connectivity index (χ1v) is 6.30. The van der Waals surface area contributed by atoms with E-state index in [0.29, 0.717) is 4.34 Å². The molecule has 0 unspecified atom stereocenters. The smallest absolute Gasteiger partial charge is 0.176 e. The molecule has 7 heteroatoms. The van der Waals surface area contributed by atoms with Crippen molar-refractivity contribution < 1.29 is 13.6 Å². The van der Waals surface area contributed by atoms with Crippen LogP contribution in [0.15, 0.2) is 28.9 Å². The number of hydrogen-bond donors (Lipinski definition) is 0. The molecule has 0 saturated heterocycles. The molecule has 0 atom stereocenters. The minimum Gasteiger partial charge on any atom is -0.293 e. The summed E-state index contributed by atoms with van der Waals surface area (Å²) in [6, 6.07) is 2.82. The van der Waals surface area contributed by atoms with Crippen LogP contribution >= 0.6 is 23.3 Å². The van der Waals surface area contributed by atoms with Crippen LogP contribution in [0, 0.1) is 11.6 Å². The summed E-state index contributed by atoms with van der Waals surface area (Å²) in [5.41, 5.74) is -0.234. The molecule has 0 bridgehead atoms. The van der Waals surface area contributed by atoms with Gasteiger partial charge in [-0.15, -0.1) is 0 Å². The van der Waals surface area contributed by atoms with Crippen molar-refractivity contribution in [3.8, 4) is 0 Å². The minimum absolute atomic E-state index is 0.00949. The lowest BCUT2D eigenvalue weighted by molar-refractivity contribution is 0.101. The van der Waals surface area contributed by atoms with Crippen LogP contribution in [0.25, 0.3) is 0 Å². The van der Waals surface area contributed by atoms with Crippen LogP contribution in [-0.4, -0.2) is 20.9 Å². The van der Waals surface area contributed by atoms with E-state index >= 15 is 0 Å². The molecule has 0 spiro atoms. The van der Waals surface area contributed by atoms with E-state index in [4.69, 9.17) is 0 Å². The molecule has 0 aliphatic rings. The van der Waals surface area contributed by atoms with Crippen molar-refractivity contribution in [2.45, 2.75) is 4.34 Å². The van der Waals surface area contributed by atoms with Gasteiger partial charge in [0.05, 0.1) is 11.3 Å². The zero-order chi connectivity index (χ0) is 12.3. The van der Waals surface area contributed by atoms with Gasteiger partial charge in [-0.3, -0.25) is 4.79 Å². The van der Waals surface area contributed by atoms with Gasteiger partial charge in [-0.1, -0.05) is 11.8 Å². The summed E-state index contributed by atoms with van der Waals surface area (Å²) in [5, 5.41) is 0. The highest BCUT2D eigenvalue weighted by molar-refractivity contribution is 8.01. The van der Waals surface area contributed by atoms with Crippen molar-refractivity contribution in [1.29, 1.82) is 0 Å². The van der Waals surface area contributed by atoms with Crippen molar-refractivity contribution >= 4 is 29.1 Å². The van der Waals surface area contributed by atoms with Crippen LogP contribution in [0.1, 0.15) is 10.4 Å². The molecular formula is C10H6F2N2OS2. The number of rotatable bonds is 4. The van der Waals surface area contributed by atoms with E-state index in [-0.39, 0.29) is 11.3 Å². The summed E-state index contributed by atoms with van der Waals surface area (Å²) in [4.78, 5) is 15.5. The number of hydrogen-bond acceptors (Lipinski definition) is 5. The van der Waals surface area contributed by atoms with Gasteiger partial charge >= 0.3 is 0 Å². The van der Waals surface area contributed by atoms with Gasteiger partial charge in [-0.25, -0.2) is 13.8 Å². The molecule has 0 saturated carbocycles. The first kappa shape index (κ1) is 12.1. The Bertz CT molecular complexity index is 531. The average molecular weight is 272 g/mol. The monoisotopic (exact) mass is 272 g/mol. The largest absolute Gasteiger partial charge is 0.293 e. The number of thioether (sulfide) groups is 1. The standard InChI is InChI=1S/C10H6F2N2OS2/c11-6-1-2-8(12)7(3-6)9(15)4-16-10-13-5-14-17-10/h1-3,5H,4H2. The Morgan fingerprint density at radius 2 is 2.24 bits per heavy atom. The number of ketones is 1. The first-order valence-electron chi connectivity index (χ1n) is 4.54. The summed E-state index contributed by atoms with van der Waals surface area (Å²) in [5.74, 6) is -1.80. The van der Waals surface area contributed by atoms with Crippen molar-refractivity contribution in [2.75, 3.05) is 5.75 Å². The lowest BCUT2D eigenvalue weighted by Crippen LogP contribution is -2.05. The maximum absolute atomic E-state index is 13.3. The van der Waals surface area contributed by atoms with Crippen LogP contribution in [0.2, 0.25) is 0 Å². The Morgan fingerprint density at radius 3 is 2.94 bits per heavy atom. The topological polar surface area (TPSA) is 42.9 Å². The van der Waals surface area contributed by atoms with E-state index in [1.54, 1.807) is 0 Å². The molecule has 0 aliphatic heterocycles. The van der Waals surface area contributed by atoms with Crippen LogP contribution in [0.4, 0.5) is 8.78 Å². The summed E-state index contributed by atoms with van der Waals surface area (Å²) in [6.45, 7) is 0. The second-order valence-electron chi connectivity index (χ2n) is 3.04. The second kappa shape index (κ2) is 5.33. The molecule has 88 valence electrons. The third kappa shape index (κ3) is 3.07. The third-order valence-electron chi connectivity index (χ3n) is 1.90. The van der Waals surface area contributed by atoms with Crippen molar-refractivity contribution in [2.24, 2.45) is 0 Å². The predicted octanol–water partition coefficient (Wildman–Crippen LogP) is 2.79. The van der Waals surface area contributed by atoms with E-state index < -0.39 is 17.4 Å². The van der Waals surface area contributed by atoms with Gasteiger partial charge in [0.25, 0.3) is 0 Å². The van der Waals surface area contributed by atoms with Gasteiger partial charge in [-0.2, -0.15) is 4.37 Å². The molecule has 0 N–H and O–H groups in total. The Labute approximate surface area is 104 Å². The molecule has 2 aromatic rings. The maximum atomic E-state index is 13.3. The van der Waals surface area contributed by atoms with Gasteiger partial charge in [0, 0.05) is 0 Å². The van der Waals surface area contributed by atoms with E-state index in [2.05, 4.69) is 9.36 Å². The Morgan fingerprint density at radius 1 is 1.41 bits per heavy atom. The molecule has 0 radical (unpaired) electrons. The molecule has 3 nitrogen and oxygen atoms in total. The molecule has 0 amide bonds. The van der Waals surface area contributed by atoms with Crippen LogP contribution in [0.3, 0.4) is 0 Å². The maximum Gasteiger partial charge on any atom is 0.176 e. The number of Topliss-reactive ketones (excluding diaryl/α,β-unsaturated/α-hetero) is 1. The number of aromatic nitrogens is 2. The summed E-state index contributed by atoms with van der Waals surface area (Å²) in [6.07, 6.45) is 1.38. The van der Waals surface area contributed by atoms with E-state index in [1.807, 2.05) is 0 Å². The number of carbonyl (C=O) groups excluding carboxylic acids is 1. The lowest BCUT2D eigenvalue weighted by Gasteiger charge is -2.01. The molecular weight excluding hydrogens is 266 g/mol. The Balaban J connectivity index is 2.07. The van der Waals surface area contributed by atoms with E-state index in [9.17, 15) is 13.6 Å². The Kier molecular flexibility index (Phi) is 3.80. The normalized spacial score (nSPS) is 10.5. The second-order valence-corrected chi connectivity index (χ2v) is 5.05. The molecule has 1 aromatic heterocycles. The van der Waals surface area contributed by atoms with E-state index in [1.165, 1.54) is 6.33 Å². The number of carbonyl (C=O) groups is 1. The van der Waals surface area contributed by atoms with Crippen molar-refractivity contribution in [3.63, 3.8) is 0 Å². The van der Waals surface area contributed by atoms with Crippen LogP contribution in [-0.2, 0) is 0 Å². The summed E-state index contributed by atoms with van der Waals surface area (Å²) >= 11 is 2.30. The summed E-state index contributed by atoms with van der Waals surface area (Å²) in [7, 11) is 0. The third-order valence-corrected chi connectivity index (χ3v) is 3.69. The zero-order valence-corrected chi connectivity index (χ0v) is 10.0. The lowest BCUT2D eigenvalue weighted by atomic mass is 10.1. The number of benzene rings is 1. The predicted molar refractivity (Wildman–Crippen MR) is 61.3 cm³/mol. The number of nitrogens with zero attached hydrogens (tertiary/aromatic N) is 2. The van der Waals surface area contributed by atoms with Crippen molar-refractivity contribution in [3.05, 3.63) is 41.7 Å². The molecule has 2 rings (SSSR count). The van der Waals surface area contributed by atoms with Crippen LogP contribution in [0.5, 0.6) is 0 Å². The SMILES string of the molecule is O=C(CSc1ncns1)c1cc(F)ccc1F. The Hall–Kier alpha value is -1.34.